The lowest BCUT2D eigenvalue weighted by molar-refractivity contribution is -0.0875. The third-order valence-corrected chi connectivity index (χ3v) is 28.6. The Morgan fingerprint density at radius 1 is 0.233 bits per heavy atom. The molecule has 0 radical (unpaired) electrons. The maximum Gasteiger partial charge on any atom is 0.165 e. The molecule has 15 N–H and O–H groups in total. The highest BCUT2D eigenvalue weighted by Crippen LogP contribution is 2.54. The van der Waals surface area contributed by atoms with Crippen molar-refractivity contribution in [1.82, 2.24) is 42.2 Å². The van der Waals surface area contributed by atoms with Gasteiger partial charge in [-0.3, -0.25) is 37.2 Å². The molecule has 17 rings (SSSR count). The summed E-state index contributed by atoms with van der Waals surface area (Å²) in [7, 11) is 0. The first-order valence-electron chi connectivity index (χ1n) is 43.3. The van der Waals surface area contributed by atoms with E-state index < -0.39 is 188 Å². The number of hydrogen-bond acceptors (Lipinski definition) is 16. The summed E-state index contributed by atoms with van der Waals surface area (Å²) < 4.78 is 140. The summed E-state index contributed by atoms with van der Waals surface area (Å²) in [4.78, 5) is 0. The van der Waals surface area contributed by atoms with Crippen LogP contribution in [0.15, 0.2) is 146 Å². The Bertz CT molecular complexity index is 5100. The summed E-state index contributed by atoms with van der Waals surface area (Å²) in [6, 6.07) is 47.0. The van der Waals surface area contributed by atoms with Crippen LogP contribution in [-0.4, -0.2) is 146 Å². The van der Waals surface area contributed by atoms with Gasteiger partial charge in [0, 0.05) is 87.3 Å². The SMILES string of the molecule is Cc1ccc(NC2CC3C4NC(NC5C6C(Nc7ccc(C)cc7C)C(Nc7ccc(C)cc7C)C(Nc7ccc(C)cc7C)C(Nc7ccc(C)cc7C)C6C(NC6NC(NC7NC(N4)C4C(F)C(F)C(F)C(F)C74)C4C(F)C(F)C(F)C(F)C64)N5Nc4ccc(C)cc4C)C3C(Nc3ccc(C)cc3C)C2Nc2ccc(C)cc2C)c(C)c1. The van der Waals surface area contributed by atoms with Gasteiger partial charge in [-0.25, -0.2) is 35.1 Å². The van der Waals surface area contributed by atoms with E-state index in [0.29, 0.717) is 6.42 Å². The Balaban J connectivity index is 0.957. The van der Waals surface area contributed by atoms with Gasteiger partial charge in [-0.05, 0) is 216 Å². The number of fused-ring (bicyclic) bond motifs is 20. The molecular weight excluding hydrogens is 1530 g/mol. The van der Waals surface area contributed by atoms with Crippen molar-refractivity contribution in [3.05, 3.63) is 235 Å². The zero-order chi connectivity index (χ0) is 84.6. The predicted octanol–water partition coefficient (Wildman–Crippen LogP) is 16.5. The van der Waals surface area contributed by atoms with Crippen LogP contribution in [0.4, 0.5) is 80.6 Å². The minimum absolute atomic E-state index is 0.413. The maximum atomic E-state index is 18.4. The highest BCUT2D eigenvalue weighted by Gasteiger charge is 2.69. The maximum absolute atomic E-state index is 18.4. The molecule has 8 aromatic carbocycles. The van der Waals surface area contributed by atoms with Gasteiger partial charge in [0.05, 0.1) is 91.3 Å². The van der Waals surface area contributed by atoms with Gasteiger partial charge in [-0.1, -0.05) is 142 Å². The third-order valence-electron chi connectivity index (χ3n) is 28.6. The first kappa shape index (κ1) is 83.5. The van der Waals surface area contributed by atoms with E-state index in [0.717, 1.165) is 135 Å². The zero-order valence-corrected chi connectivity index (χ0v) is 71.4. The summed E-state index contributed by atoms with van der Waals surface area (Å²) in [6.45, 7) is 33.4. The second kappa shape index (κ2) is 33.2. The molecule has 5 aliphatic heterocycles. The Labute approximate surface area is 702 Å². The molecule has 31 unspecified atom stereocenters. The van der Waals surface area contributed by atoms with E-state index >= 15 is 35.1 Å². The summed E-state index contributed by atoms with van der Waals surface area (Å²) in [5, 5.41) is 59.0. The highest BCUT2D eigenvalue weighted by molar-refractivity contribution is 5.64. The second-order valence-corrected chi connectivity index (χ2v) is 37.3. The fraction of sp³-hybridized carbons (Fsp3) is 0.500. The van der Waals surface area contributed by atoms with Crippen LogP contribution in [0.25, 0.3) is 0 Å². The van der Waals surface area contributed by atoms with Gasteiger partial charge in [0.2, 0.25) is 0 Å². The van der Waals surface area contributed by atoms with Gasteiger partial charge in [0.1, 0.15) is 24.7 Å². The molecule has 5 heterocycles. The van der Waals surface area contributed by atoms with Crippen LogP contribution in [-0.2, 0) is 0 Å². The topological polar surface area (TPSA) is 184 Å². The monoisotopic (exact) mass is 1650 g/mol. The first-order valence-corrected chi connectivity index (χ1v) is 43.3. The van der Waals surface area contributed by atoms with Crippen LogP contribution in [0.3, 0.4) is 0 Å². The predicted molar refractivity (Wildman–Crippen MR) is 469 cm³/mol. The summed E-state index contributed by atoms with van der Waals surface area (Å²) >= 11 is 0. The van der Waals surface area contributed by atoms with Crippen molar-refractivity contribution in [3.63, 3.8) is 0 Å². The molecule has 16 nitrogen and oxygen atoms in total. The summed E-state index contributed by atoms with van der Waals surface area (Å²) in [5.74, 6) is -9.08. The van der Waals surface area contributed by atoms with Crippen molar-refractivity contribution in [2.45, 2.75) is 258 Å². The van der Waals surface area contributed by atoms with Crippen molar-refractivity contribution in [1.29, 1.82) is 0 Å². The van der Waals surface area contributed by atoms with Crippen LogP contribution in [0.1, 0.15) is 95.4 Å². The molecule has 9 aliphatic rings. The average molecular weight is 1650 g/mol. The normalized spacial score (nSPS) is 36.3. The number of nitrogens with zero attached hydrogens (tertiary/aromatic N) is 1. The minimum atomic E-state index is -2.94. The molecule has 24 heteroatoms. The van der Waals surface area contributed by atoms with E-state index in [1.807, 2.05) is 26.0 Å². The van der Waals surface area contributed by atoms with Gasteiger partial charge < -0.3 is 42.6 Å². The Hall–Kier alpha value is -8.72. The molecule has 5 saturated heterocycles. The van der Waals surface area contributed by atoms with Gasteiger partial charge >= 0.3 is 0 Å². The van der Waals surface area contributed by atoms with Gasteiger partial charge in [-0.2, -0.15) is 5.01 Å². The quantitative estimate of drug-likeness (QED) is 0.0410. The molecule has 120 heavy (non-hydrogen) atoms. The molecule has 0 aromatic heterocycles. The fourth-order valence-electron chi connectivity index (χ4n) is 22.9. The number of halogens is 8. The van der Waals surface area contributed by atoms with Crippen molar-refractivity contribution in [2.75, 3.05) is 42.6 Å². The number of aryl methyl sites for hydroxylation is 16. The Morgan fingerprint density at radius 3 is 0.742 bits per heavy atom. The van der Waals surface area contributed by atoms with Gasteiger partial charge in [-0.15, -0.1) is 0 Å². The molecule has 4 aliphatic carbocycles. The largest absolute Gasteiger partial charge is 0.380 e. The van der Waals surface area contributed by atoms with Crippen LogP contribution in [0.5, 0.6) is 0 Å². The standard InChI is InChI=1S/C96H120F8N16/c1-42-17-25-59(50(9)33-42)105-67-41-58-68(84(107-61-27-19-44(3)35-52(61)11)83(67)106-60-26-18-43(2)34-51(60)10)90-112-89(58)113-91-69-70(76(98)80(102)79(101)75(69)97)92(114-91)115-93-71-72(78(100)82(104)81(103)77(71)99)94(116-93)118-96-74-73(95(117-90)120(96)119-66-32-24-49(8)40-57(66)16)85(108-62-28-20-45(4)36-53(62)12)87(110-64-30-22-47(6)38-55(64)14)88(111-65-31-23-48(7)39-56(65)15)86(74)109-63-29-21-46(5)37-54(63)13/h17-40,58,67-96,105-119H,41H2,1-16H3. The minimum Gasteiger partial charge on any atom is -0.380 e. The van der Waals surface area contributed by atoms with E-state index in [1.165, 1.54) is 0 Å². The average Bonchev–Trinajstić information content (AvgIpc) is 1.55. The van der Waals surface area contributed by atoms with Crippen LogP contribution < -0.4 is 79.9 Å². The lowest BCUT2D eigenvalue weighted by atomic mass is 9.66. The number of hydrazine groups is 1. The zero-order valence-electron chi connectivity index (χ0n) is 71.4. The Kier molecular flexibility index (Phi) is 23.1. The van der Waals surface area contributed by atoms with Crippen molar-refractivity contribution in [3.8, 4) is 0 Å². The van der Waals surface area contributed by atoms with Crippen molar-refractivity contribution >= 4 is 45.5 Å². The number of nitrogens with one attached hydrogen (secondary N) is 15. The molecule has 4 saturated carbocycles. The number of anilines is 8. The summed E-state index contributed by atoms with van der Waals surface area (Å²) in [6.07, 6.45) is -31.1. The second-order valence-electron chi connectivity index (χ2n) is 37.3. The molecular formula is C96H120F8N16. The highest BCUT2D eigenvalue weighted by atomic mass is 19.2. The lowest BCUT2D eigenvalue weighted by Gasteiger charge is -2.53. The lowest BCUT2D eigenvalue weighted by Crippen LogP contribution is -2.71. The first-order chi connectivity index (χ1) is 57.3. The number of rotatable bonds is 16. The number of alkyl halides is 8. The molecule has 8 bridgehead atoms. The van der Waals surface area contributed by atoms with Crippen molar-refractivity contribution in [2.24, 2.45) is 47.3 Å². The summed E-state index contributed by atoms with van der Waals surface area (Å²) in [5.41, 5.74) is 27.5. The fourth-order valence-corrected chi connectivity index (χ4v) is 22.9. The van der Waals surface area contributed by atoms with Gasteiger partial charge in [0.15, 0.2) is 24.7 Å². The molecule has 31 atom stereocenters. The van der Waals surface area contributed by atoms with E-state index in [-0.39, 0.29) is 0 Å². The number of benzene rings is 8. The van der Waals surface area contributed by atoms with Crippen LogP contribution in [0, 0.1) is 158 Å². The molecule has 8 aromatic rings. The molecule has 9 fully saturated rings. The smallest absolute Gasteiger partial charge is 0.165 e. The van der Waals surface area contributed by atoms with Crippen molar-refractivity contribution < 1.29 is 35.1 Å². The third kappa shape index (κ3) is 15.5. The number of hydrogen-bond donors (Lipinski definition) is 15. The Morgan fingerprint density at radius 2 is 0.458 bits per heavy atom. The van der Waals surface area contributed by atoms with E-state index in [9.17, 15) is 0 Å². The molecule has 0 spiro atoms. The molecule has 0 amide bonds. The van der Waals surface area contributed by atoms with E-state index in [1.54, 1.807) is 0 Å². The van der Waals surface area contributed by atoms with Crippen LogP contribution >= 0.6 is 0 Å². The van der Waals surface area contributed by atoms with E-state index in [2.05, 4.69) is 315 Å². The van der Waals surface area contributed by atoms with E-state index in [4.69, 9.17) is 0 Å². The molecule has 640 valence electrons. The van der Waals surface area contributed by atoms with Crippen LogP contribution in [0.2, 0.25) is 0 Å². The van der Waals surface area contributed by atoms with Gasteiger partial charge in [0.25, 0.3) is 0 Å².